The van der Waals surface area contributed by atoms with Crippen LogP contribution in [0.3, 0.4) is 0 Å². The van der Waals surface area contributed by atoms with Crippen LogP contribution in [-0.4, -0.2) is 51.0 Å². The van der Waals surface area contributed by atoms with Gasteiger partial charge >= 0.3 is 0 Å². The predicted octanol–water partition coefficient (Wildman–Crippen LogP) is 3.54. The van der Waals surface area contributed by atoms with Crippen molar-refractivity contribution in [1.82, 2.24) is 4.90 Å². The molecule has 2 aromatic carbocycles. The summed E-state index contributed by atoms with van der Waals surface area (Å²) in [6.45, 7) is 4.37. The van der Waals surface area contributed by atoms with Gasteiger partial charge in [0.15, 0.2) is 0 Å². The Bertz CT molecular complexity index is 1060. The fourth-order valence-corrected chi connectivity index (χ4v) is 3.59. The molecule has 0 spiro atoms. The zero-order valence-corrected chi connectivity index (χ0v) is 17.7. The molecule has 2 N–H and O–H groups in total. The maximum atomic E-state index is 12.9. The van der Waals surface area contributed by atoms with Crippen molar-refractivity contribution in [3.8, 4) is 5.75 Å². The van der Waals surface area contributed by atoms with Crippen molar-refractivity contribution in [1.29, 1.82) is 0 Å². The zero-order valence-electron chi connectivity index (χ0n) is 17.7. The molecule has 0 unspecified atom stereocenters. The van der Waals surface area contributed by atoms with Gasteiger partial charge < -0.3 is 19.8 Å². The van der Waals surface area contributed by atoms with Crippen molar-refractivity contribution in [2.75, 3.05) is 13.2 Å². The summed E-state index contributed by atoms with van der Waals surface area (Å²) in [7, 11) is 0. The smallest absolute Gasteiger partial charge is 0.295 e. The van der Waals surface area contributed by atoms with Crippen LogP contribution < -0.4 is 0 Å². The highest BCUT2D eigenvalue weighted by Gasteiger charge is 2.45. The summed E-state index contributed by atoms with van der Waals surface area (Å²) >= 11 is 0. The maximum absolute atomic E-state index is 12.9. The summed E-state index contributed by atoms with van der Waals surface area (Å²) < 4.78 is 5.52. The molecule has 1 amide bonds. The third-order valence-electron chi connectivity index (χ3n) is 5.07. The lowest BCUT2D eigenvalue weighted by molar-refractivity contribution is -0.384. The lowest BCUT2D eigenvalue weighted by atomic mass is 9.95. The number of benzene rings is 2. The molecule has 9 nitrogen and oxygen atoms in total. The normalized spacial score (nSPS) is 17.8. The lowest BCUT2D eigenvalue weighted by Gasteiger charge is -2.25. The Morgan fingerprint density at radius 1 is 1.19 bits per heavy atom. The molecule has 1 aliphatic heterocycles. The van der Waals surface area contributed by atoms with Crippen LogP contribution in [0.4, 0.5) is 5.69 Å². The van der Waals surface area contributed by atoms with E-state index in [0.717, 1.165) is 6.07 Å². The SMILES string of the molecule is CC(C)OCCCN1C(=O)C(=O)C(=C(O)c2cccc([N+](=O)[O-])c2)[C@H]1c1ccc(O)cc1. The van der Waals surface area contributed by atoms with E-state index >= 15 is 0 Å². The number of carbonyl (C=O) groups is 2. The molecule has 0 radical (unpaired) electrons. The summed E-state index contributed by atoms with van der Waals surface area (Å²) in [5, 5.41) is 31.7. The van der Waals surface area contributed by atoms with Gasteiger partial charge in [-0.15, -0.1) is 0 Å². The Labute approximate surface area is 184 Å². The Morgan fingerprint density at radius 3 is 2.50 bits per heavy atom. The minimum absolute atomic E-state index is 0.00900. The zero-order chi connectivity index (χ0) is 23.4. The number of nitro benzene ring substituents is 1. The number of amides is 1. The van der Waals surface area contributed by atoms with E-state index in [1.165, 1.54) is 35.2 Å². The van der Waals surface area contributed by atoms with Crippen molar-refractivity contribution in [3.05, 3.63) is 75.3 Å². The van der Waals surface area contributed by atoms with Gasteiger partial charge in [0, 0.05) is 30.8 Å². The minimum Gasteiger partial charge on any atom is -0.508 e. The first-order valence-electron chi connectivity index (χ1n) is 10.1. The number of ether oxygens (including phenoxy) is 1. The summed E-state index contributed by atoms with van der Waals surface area (Å²) in [4.78, 5) is 37.6. The quantitative estimate of drug-likeness (QED) is 0.160. The van der Waals surface area contributed by atoms with Crippen LogP contribution in [0.2, 0.25) is 0 Å². The number of aliphatic hydroxyl groups is 1. The number of ketones is 1. The number of aromatic hydroxyl groups is 1. The van der Waals surface area contributed by atoms with Gasteiger partial charge in [-0.25, -0.2) is 0 Å². The van der Waals surface area contributed by atoms with E-state index in [-0.39, 0.29) is 35.2 Å². The van der Waals surface area contributed by atoms with Crippen LogP contribution in [0.5, 0.6) is 5.75 Å². The Balaban J connectivity index is 2.06. The van der Waals surface area contributed by atoms with E-state index in [0.29, 0.717) is 18.6 Å². The van der Waals surface area contributed by atoms with Gasteiger partial charge in [-0.2, -0.15) is 0 Å². The average Bonchev–Trinajstić information content (AvgIpc) is 3.01. The van der Waals surface area contributed by atoms with Gasteiger partial charge in [0.05, 0.1) is 22.6 Å². The Hall–Kier alpha value is -3.72. The van der Waals surface area contributed by atoms with Crippen molar-refractivity contribution in [2.24, 2.45) is 0 Å². The molecule has 1 aliphatic rings. The second-order valence-electron chi connectivity index (χ2n) is 7.66. The van der Waals surface area contributed by atoms with Gasteiger partial charge in [0.2, 0.25) is 0 Å². The molecule has 0 aromatic heterocycles. The molecule has 0 bridgehead atoms. The average molecular weight is 440 g/mol. The molecule has 3 rings (SSSR count). The molecule has 0 saturated carbocycles. The monoisotopic (exact) mass is 440 g/mol. The van der Waals surface area contributed by atoms with Gasteiger partial charge in [0.25, 0.3) is 17.4 Å². The second-order valence-corrected chi connectivity index (χ2v) is 7.66. The lowest BCUT2D eigenvalue weighted by Crippen LogP contribution is -2.31. The molecule has 9 heteroatoms. The van der Waals surface area contributed by atoms with Gasteiger partial charge in [0.1, 0.15) is 11.5 Å². The highest BCUT2D eigenvalue weighted by molar-refractivity contribution is 6.46. The summed E-state index contributed by atoms with van der Waals surface area (Å²) in [5.41, 5.74) is 0.157. The van der Waals surface area contributed by atoms with Gasteiger partial charge in [-0.1, -0.05) is 24.3 Å². The highest BCUT2D eigenvalue weighted by atomic mass is 16.6. The first-order chi connectivity index (χ1) is 15.2. The van der Waals surface area contributed by atoms with E-state index in [1.54, 1.807) is 12.1 Å². The van der Waals surface area contributed by atoms with Crippen molar-refractivity contribution >= 4 is 23.1 Å². The van der Waals surface area contributed by atoms with E-state index in [9.17, 15) is 29.9 Å². The third-order valence-corrected chi connectivity index (χ3v) is 5.07. The van der Waals surface area contributed by atoms with Crippen molar-refractivity contribution in [2.45, 2.75) is 32.4 Å². The Morgan fingerprint density at radius 2 is 1.88 bits per heavy atom. The first kappa shape index (κ1) is 23.0. The largest absolute Gasteiger partial charge is 0.508 e. The fraction of sp³-hybridized carbons (Fsp3) is 0.304. The van der Waals surface area contributed by atoms with Crippen LogP contribution in [0, 0.1) is 10.1 Å². The number of hydrogen-bond donors (Lipinski definition) is 2. The number of aliphatic hydroxyl groups excluding tert-OH is 1. The molecule has 1 fully saturated rings. The number of rotatable bonds is 8. The minimum atomic E-state index is -0.908. The third kappa shape index (κ3) is 4.78. The molecular formula is C23H24N2O7. The highest BCUT2D eigenvalue weighted by Crippen LogP contribution is 2.40. The predicted molar refractivity (Wildman–Crippen MR) is 116 cm³/mol. The fourth-order valence-electron chi connectivity index (χ4n) is 3.59. The number of phenols is 1. The number of nitro groups is 1. The molecular weight excluding hydrogens is 416 g/mol. The molecule has 1 saturated heterocycles. The van der Waals surface area contributed by atoms with Gasteiger partial charge in [-0.05, 0) is 38.0 Å². The van der Waals surface area contributed by atoms with Gasteiger partial charge in [-0.3, -0.25) is 19.7 Å². The van der Waals surface area contributed by atoms with Crippen molar-refractivity contribution in [3.63, 3.8) is 0 Å². The number of carbonyl (C=O) groups excluding carboxylic acids is 2. The maximum Gasteiger partial charge on any atom is 0.295 e. The van der Waals surface area contributed by atoms with Crippen LogP contribution in [0.1, 0.15) is 37.4 Å². The van der Waals surface area contributed by atoms with Crippen LogP contribution in [0.15, 0.2) is 54.1 Å². The molecule has 1 atom stereocenters. The Kier molecular flexibility index (Phi) is 6.89. The number of likely N-dealkylation sites (tertiary alicyclic amines) is 1. The molecule has 0 aliphatic carbocycles. The standard InChI is InChI=1S/C23H24N2O7/c1-14(2)32-12-4-11-24-20(15-7-9-18(26)10-8-15)19(22(28)23(24)29)21(27)16-5-3-6-17(13-16)25(30)31/h3,5-10,13-14,20,26-27H,4,11-12H2,1-2H3/t20-/m1/s1. The number of Topliss-reactive ketones (excluding diaryl/α,β-unsaturated/α-hetero) is 1. The number of nitrogens with zero attached hydrogens (tertiary/aromatic N) is 2. The first-order valence-corrected chi connectivity index (χ1v) is 10.1. The number of phenolic OH excluding ortho intramolecular Hbond substituents is 1. The number of non-ortho nitro benzene ring substituents is 1. The van der Waals surface area contributed by atoms with Crippen LogP contribution in [0.25, 0.3) is 5.76 Å². The van der Waals surface area contributed by atoms with E-state index in [4.69, 9.17) is 4.74 Å². The molecule has 32 heavy (non-hydrogen) atoms. The molecule has 2 aromatic rings. The van der Waals surface area contributed by atoms with E-state index in [2.05, 4.69) is 0 Å². The number of hydrogen-bond acceptors (Lipinski definition) is 7. The topological polar surface area (TPSA) is 130 Å². The van der Waals surface area contributed by atoms with Crippen LogP contribution >= 0.6 is 0 Å². The summed E-state index contributed by atoms with van der Waals surface area (Å²) in [6, 6.07) is 10.3. The van der Waals surface area contributed by atoms with Crippen molar-refractivity contribution < 1.29 is 29.5 Å². The molecule has 168 valence electrons. The van der Waals surface area contributed by atoms with E-state index in [1.807, 2.05) is 13.8 Å². The van der Waals surface area contributed by atoms with E-state index < -0.39 is 28.4 Å². The summed E-state index contributed by atoms with van der Waals surface area (Å²) in [6.07, 6.45) is 0.489. The second kappa shape index (κ2) is 9.61. The molecule has 1 heterocycles. The summed E-state index contributed by atoms with van der Waals surface area (Å²) in [5.74, 6) is -2.14. The van der Waals surface area contributed by atoms with Crippen LogP contribution in [-0.2, 0) is 14.3 Å².